The van der Waals surface area contributed by atoms with Gasteiger partial charge in [-0.25, -0.2) is 8.42 Å². The predicted octanol–water partition coefficient (Wildman–Crippen LogP) is 3.17. The van der Waals surface area contributed by atoms with Gasteiger partial charge in [0.25, 0.3) is 0 Å². The molecule has 0 bridgehead atoms. The minimum atomic E-state index is -4.92. The van der Waals surface area contributed by atoms with Crippen molar-refractivity contribution in [3.8, 4) is 0 Å². The van der Waals surface area contributed by atoms with Crippen LogP contribution in [-0.4, -0.2) is 14.6 Å². The molecule has 0 radical (unpaired) electrons. The zero-order valence-corrected chi connectivity index (χ0v) is 9.70. The summed E-state index contributed by atoms with van der Waals surface area (Å²) in [6.07, 6.45) is -4.92. The molecule has 1 rings (SSSR count). The quantitative estimate of drug-likeness (QED) is 0.775. The topological polar surface area (TPSA) is 34.1 Å². The van der Waals surface area contributed by atoms with Crippen molar-refractivity contribution in [3.63, 3.8) is 0 Å². The van der Waals surface area contributed by atoms with E-state index in [-0.39, 0.29) is 5.56 Å². The Kier molecular flexibility index (Phi) is 3.54. The van der Waals surface area contributed by atoms with Crippen LogP contribution in [0.1, 0.15) is 16.4 Å². The van der Waals surface area contributed by atoms with E-state index in [9.17, 15) is 21.6 Å². The molecule has 1 atom stereocenters. The number of hydrogen-bond donors (Lipinski definition) is 0. The lowest BCUT2D eigenvalue weighted by Crippen LogP contribution is -2.25. The molecule has 90 valence electrons. The Labute approximate surface area is 95.5 Å². The lowest BCUT2D eigenvalue weighted by atomic mass is 10.1. The Morgan fingerprint density at radius 1 is 1.31 bits per heavy atom. The number of halogens is 4. The molecule has 0 amide bonds. The average Bonchev–Trinajstić information content (AvgIpc) is 1.97. The normalized spacial score (nSPS) is 14.8. The highest BCUT2D eigenvalue weighted by Gasteiger charge is 2.49. The van der Waals surface area contributed by atoms with Crippen molar-refractivity contribution in [3.05, 3.63) is 35.4 Å². The first-order chi connectivity index (χ1) is 7.12. The molecule has 0 spiro atoms. The molecule has 0 saturated heterocycles. The molecule has 0 fully saturated rings. The highest BCUT2D eigenvalue weighted by atomic mass is 35.7. The molecule has 0 N–H and O–H groups in total. The Balaban J connectivity index is 3.34. The van der Waals surface area contributed by atoms with Gasteiger partial charge < -0.3 is 0 Å². The van der Waals surface area contributed by atoms with Crippen LogP contribution in [0.2, 0.25) is 0 Å². The highest BCUT2D eigenvalue weighted by Crippen LogP contribution is 2.40. The van der Waals surface area contributed by atoms with Crippen LogP contribution >= 0.6 is 10.7 Å². The first-order valence-corrected chi connectivity index (χ1v) is 6.56. The monoisotopic (exact) mass is 272 g/mol. The number of aryl methyl sites for hydroxylation is 1. The van der Waals surface area contributed by atoms with Crippen molar-refractivity contribution < 1.29 is 21.6 Å². The lowest BCUT2D eigenvalue weighted by molar-refractivity contribution is -0.131. The fourth-order valence-corrected chi connectivity index (χ4v) is 2.75. The van der Waals surface area contributed by atoms with Gasteiger partial charge in [0.2, 0.25) is 9.05 Å². The summed E-state index contributed by atoms with van der Waals surface area (Å²) in [7, 11) is 0.0777. The van der Waals surface area contributed by atoms with E-state index in [0.29, 0.717) is 5.56 Å². The van der Waals surface area contributed by atoms with E-state index < -0.39 is 20.5 Å². The van der Waals surface area contributed by atoms with E-state index in [4.69, 9.17) is 10.7 Å². The Bertz CT molecular complexity index is 482. The van der Waals surface area contributed by atoms with Gasteiger partial charge in [-0.3, -0.25) is 0 Å². The van der Waals surface area contributed by atoms with Gasteiger partial charge in [-0.2, -0.15) is 13.2 Å². The second kappa shape index (κ2) is 4.25. The van der Waals surface area contributed by atoms with Crippen LogP contribution in [0, 0.1) is 6.92 Å². The summed E-state index contributed by atoms with van der Waals surface area (Å²) in [5.41, 5.74) is 0.162. The van der Waals surface area contributed by atoms with Crippen LogP contribution in [0.25, 0.3) is 0 Å². The van der Waals surface area contributed by atoms with E-state index in [1.54, 1.807) is 13.0 Å². The third-order valence-corrected chi connectivity index (χ3v) is 3.56. The molecule has 0 aliphatic heterocycles. The van der Waals surface area contributed by atoms with E-state index in [1.807, 2.05) is 0 Å². The SMILES string of the molecule is Cc1cccc(C(C(F)(F)F)S(=O)(=O)Cl)c1. The molecular formula is C9H8ClF3O2S. The summed E-state index contributed by atoms with van der Waals surface area (Å²) < 4.78 is 59.6. The molecule has 1 aromatic rings. The van der Waals surface area contributed by atoms with Gasteiger partial charge >= 0.3 is 6.18 Å². The van der Waals surface area contributed by atoms with Gasteiger partial charge in [0.15, 0.2) is 5.25 Å². The number of rotatable bonds is 2. The zero-order valence-electron chi connectivity index (χ0n) is 8.12. The van der Waals surface area contributed by atoms with E-state index in [2.05, 4.69) is 0 Å². The Hall–Kier alpha value is -0.750. The minimum Gasteiger partial charge on any atom is -0.211 e. The van der Waals surface area contributed by atoms with Gasteiger partial charge in [0.05, 0.1) is 0 Å². The first-order valence-electron chi connectivity index (χ1n) is 4.19. The molecule has 16 heavy (non-hydrogen) atoms. The summed E-state index contributed by atoms with van der Waals surface area (Å²) in [5.74, 6) is 0. The molecular weight excluding hydrogens is 265 g/mol. The van der Waals surface area contributed by atoms with Crippen LogP contribution in [0.5, 0.6) is 0 Å². The first kappa shape index (κ1) is 13.3. The van der Waals surface area contributed by atoms with Crippen molar-refractivity contribution in [2.45, 2.75) is 18.3 Å². The summed E-state index contributed by atoms with van der Waals surface area (Å²) in [6.45, 7) is 1.57. The fraction of sp³-hybridized carbons (Fsp3) is 0.333. The molecule has 2 nitrogen and oxygen atoms in total. The maximum atomic E-state index is 12.6. The Morgan fingerprint density at radius 2 is 1.88 bits per heavy atom. The molecule has 0 aliphatic carbocycles. The number of hydrogen-bond acceptors (Lipinski definition) is 2. The summed E-state index contributed by atoms with van der Waals surface area (Å²) in [5, 5.41) is -2.68. The summed E-state index contributed by atoms with van der Waals surface area (Å²) >= 11 is 0. The molecule has 0 aromatic heterocycles. The maximum absolute atomic E-state index is 12.6. The standard InChI is InChI=1S/C9H8ClF3O2S/c1-6-3-2-4-7(5-6)8(9(11,12)13)16(10,14)15/h2-5,8H,1H3. The van der Waals surface area contributed by atoms with E-state index >= 15 is 0 Å². The van der Waals surface area contributed by atoms with Gasteiger partial charge in [-0.05, 0) is 12.5 Å². The third-order valence-electron chi connectivity index (χ3n) is 1.92. The van der Waals surface area contributed by atoms with Crippen molar-refractivity contribution >= 4 is 19.7 Å². The lowest BCUT2D eigenvalue weighted by Gasteiger charge is -2.17. The van der Waals surface area contributed by atoms with Crippen LogP contribution < -0.4 is 0 Å². The summed E-state index contributed by atoms with van der Waals surface area (Å²) in [4.78, 5) is 0. The van der Waals surface area contributed by atoms with Crippen LogP contribution in [0.3, 0.4) is 0 Å². The number of benzene rings is 1. The molecule has 0 saturated carbocycles. The zero-order chi connectivity index (χ0) is 12.6. The van der Waals surface area contributed by atoms with E-state index in [1.165, 1.54) is 6.07 Å². The minimum absolute atomic E-state index is 0.373. The van der Waals surface area contributed by atoms with Gasteiger partial charge in [0, 0.05) is 10.7 Å². The van der Waals surface area contributed by atoms with Crippen LogP contribution in [0.4, 0.5) is 13.2 Å². The predicted molar refractivity (Wildman–Crippen MR) is 54.7 cm³/mol. The second-order valence-corrected chi connectivity index (χ2v) is 6.02. The molecule has 1 aromatic carbocycles. The van der Waals surface area contributed by atoms with Crippen molar-refractivity contribution in [2.75, 3.05) is 0 Å². The maximum Gasteiger partial charge on any atom is 0.410 e. The second-order valence-electron chi connectivity index (χ2n) is 3.31. The van der Waals surface area contributed by atoms with Gasteiger partial charge in [0.1, 0.15) is 0 Å². The fourth-order valence-electron chi connectivity index (χ4n) is 1.34. The molecule has 1 unspecified atom stereocenters. The van der Waals surface area contributed by atoms with E-state index in [0.717, 1.165) is 12.1 Å². The third kappa shape index (κ3) is 3.12. The summed E-state index contributed by atoms with van der Waals surface area (Å²) in [6, 6.07) is 5.16. The molecule has 0 heterocycles. The largest absolute Gasteiger partial charge is 0.410 e. The number of alkyl halides is 3. The van der Waals surface area contributed by atoms with Crippen LogP contribution in [-0.2, 0) is 9.05 Å². The van der Waals surface area contributed by atoms with Gasteiger partial charge in [-0.1, -0.05) is 29.8 Å². The van der Waals surface area contributed by atoms with Crippen LogP contribution in [0.15, 0.2) is 24.3 Å². The smallest absolute Gasteiger partial charge is 0.211 e. The Morgan fingerprint density at radius 3 is 2.25 bits per heavy atom. The molecule has 0 aliphatic rings. The average molecular weight is 273 g/mol. The van der Waals surface area contributed by atoms with Gasteiger partial charge in [-0.15, -0.1) is 0 Å². The van der Waals surface area contributed by atoms with Crippen molar-refractivity contribution in [1.29, 1.82) is 0 Å². The highest BCUT2D eigenvalue weighted by molar-refractivity contribution is 8.14. The van der Waals surface area contributed by atoms with Crippen molar-refractivity contribution in [2.24, 2.45) is 0 Å². The van der Waals surface area contributed by atoms with Crippen molar-refractivity contribution in [1.82, 2.24) is 0 Å². The molecule has 7 heteroatoms.